The first-order valence-corrected chi connectivity index (χ1v) is 13.4. The van der Waals surface area contributed by atoms with Crippen LogP contribution in [0.2, 0.25) is 0 Å². The molecule has 2 nitrogen and oxygen atoms in total. The van der Waals surface area contributed by atoms with Crippen LogP contribution in [0.25, 0.3) is 0 Å². The lowest BCUT2D eigenvalue weighted by molar-refractivity contribution is 0.142. The second-order valence-corrected chi connectivity index (χ2v) is 10.9. The van der Waals surface area contributed by atoms with E-state index in [4.69, 9.17) is 0 Å². The molecule has 1 saturated heterocycles. The molecular formula is C25H30IN2P. The van der Waals surface area contributed by atoms with Gasteiger partial charge < -0.3 is 0 Å². The molecule has 0 unspecified atom stereocenters. The monoisotopic (exact) mass is 516 g/mol. The van der Waals surface area contributed by atoms with E-state index in [0.29, 0.717) is 0 Å². The van der Waals surface area contributed by atoms with Crippen LogP contribution in [0.4, 0.5) is 0 Å². The third-order valence-corrected chi connectivity index (χ3v) is 7.27. The molecule has 0 amide bonds. The molecule has 3 aromatic rings. The van der Waals surface area contributed by atoms with E-state index in [1.165, 1.54) is 33.4 Å². The zero-order chi connectivity index (χ0) is 20.3. The standard InChI is InChI=1S/C23H25N2P.C2H5I/c1-4-10-21(11-5-1)16-24-18-25(17-22-12-6-2-7-13-22)20-26(19-24)23-14-8-3-9-15-23;1-2-3/h1-15H,16-20H2;2H2,1H3. The Labute approximate surface area is 190 Å². The molecular weight excluding hydrogens is 486 g/mol. The van der Waals surface area contributed by atoms with Crippen LogP contribution in [0.3, 0.4) is 0 Å². The molecule has 152 valence electrons. The van der Waals surface area contributed by atoms with Gasteiger partial charge in [0.15, 0.2) is 0 Å². The second-order valence-electron chi connectivity index (χ2n) is 7.20. The van der Waals surface area contributed by atoms with Crippen LogP contribution in [-0.2, 0) is 13.1 Å². The highest BCUT2D eigenvalue weighted by molar-refractivity contribution is 14.1. The van der Waals surface area contributed by atoms with Crippen molar-refractivity contribution in [1.29, 1.82) is 0 Å². The van der Waals surface area contributed by atoms with Crippen molar-refractivity contribution in [3.63, 3.8) is 0 Å². The van der Waals surface area contributed by atoms with E-state index in [0.717, 1.165) is 19.8 Å². The number of halogens is 1. The van der Waals surface area contributed by atoms with Gasteiger partial charge in [0.2, 0.25) is 0 Å². The summed E-state index contributed by atoms with van der Waals surface area (Å²) in [5.41, 5.74) is 2.80. The molecule has 3 aromatic carbocycles. The Bertz CT molecular complexity index is 765. The first-order valence-electron chi connectivity index (χ1n) is 10.2. The van der Waals surface area contributed by atoms with E-state index in [1.807, 2.05) is 0 Å². The van der Waals surface area contributed by atoms with E-state index in [1.54, 1.807) is 0 Å². The highest BCUT2D eigenvalue weighted by Gasteiger charge is 2.26. The summed E-state index contributed by atoms with van der Waals surface area (Å²) >= 11 is 2.29. The van der Waals surface area contributed by atoms with Crippen LogP contribution in [0.5, 0.6) is 0 Å². The van der Waals surface area contributed by atoms with Crippen molar-refractivity contribution >= 4 is 35.8 Å². The van der Waals surface area contributed by atoms with Gasteiger partial charge >= 0.3 is 0 Å². The third-order valence-electron chi connectivity index (χ3n) is 4.76. The van der Waals surface area contributed by atoms with Gasteiger partial charge in [0, 0.05) is 25.7 Å². The predicted octanol–water partition coefficient (Wildman–Crippen LogP) is 6.13. The van der Waals surface area contributed by atoms with Crippen LogP contribution >= 0.6 is 30.5 Å². The molecule has 4 rings (SSSR count). The molecule has 0 aromatic heterocycles. The van der Waals surface area contributed by atoms with Crippen molar-refractivity contribution in [1.82, 2.24) is 9.80 Å². The summed E-state index contributed by atoms with van der Waals surface area (Å²) in [6.07, 6.45) is 2.36. The Balaban J connectivity index is 0.000000755. The van der Waals surface area contributed by atoms with Crippen LogP contribution < -0.4 is 5.30 Å². The van der Waals surface area contributed by atoms with Crippen molar-refractivity contribution in [3.05, 3.63) is 102 Å². The minimum absolute atomic E-state index is 0.186. The highest BCUT2D eigenvalue weighted by Crippen LogP contribution is 2.40. The van der Waals surface area contributed by atoms with Gasteiger partial charge in [-0.15, -0.1) is 0 Å². The fourth-order valence-corrected chi connectivity index (χ4v) is 5.94. The maximum atomic E-state index is 2.61. The lowest BCUT2D eigenvalue weighted by Crippen LogP contribution is -2.44. The maximum Gasteiger partial charge on any atom is 0.0519 e. The molecule has 0 aliphatic carbocycles. The highest BCUT2D eigenvalue weighted by atomic mass is 127. The number of hydrogen-bond donors (Lipinski definition) is 0. The maximum absolute atomic E-state index is 2.61. The Hall–Kier alpha value is -1.26. The lowest BCUT2D eigenvalue weighted by atomic mass is 10.2. The fourth-order valence-electron chi connectivity index (χ4n) is 3.59. The molecule has 1 fully saturated rings. The number of alkyl halides is 1. The molecule has 1 aliphatic rings. The van der Waals surface area contributed by atoms with Crippen molar-refractivity contribution in [2.24, 2.45) is 0 Å². The Kier molecular flexibility index (Phi) is 9.62. The summed E-state index contributed by atoms with van der Waals surface area (Å²) in [4.78, 5) is 5.22. The van der Waals surface area contributed by atoms with Crippen LogP contribution in [0.15, 0.2) is 91.0 Å². The molecule has 0 atom stereocenters. The average molecular weight is 516 g/mol. The summed E-state index contributed by atoms with van der Waals surface area (Å²) in [6, 6.07) is 32.8. The second kappa shape index (κ2) is 12.4. The average Bonchev–Trinajstić information content (AvgIpc) is 2.76. The number of benzene rings is 3. The molecule has 1 aliphatic heterocycles. The summed E-state index contributed by atoms with van der Waals surface area (Å²) in [7, 11) is -0.186. The third kappa shape index (κ3) is 7.49. The molecule has 0 bridgehead atoms. The quantitative estimate of drug-likeness (QED) is 0.229. The molecule has 4 heteroatoms. The van der Waals surface area contributed by atoms with E-state index < -0.39 is 0 Å². The van der Waals surface area contributed by atoms with Gasteiger partial charge in [-0.25, -0.2) is 0 Å². The van der Waals surface area contributed by atoms with Gasteiger partial charge in [-0.3, -0.25) is 9.80 Å². The van der Waals surface area contributed by atoms with Crippen LogP contribution in [-0.4, -0.2) is 33.5 Å². The topological polar surface area (TPSA) is 6.48 Å². The van der Waals surface area contributed by atoms with Gasteiger partial charge in [-0.05, 0) is 28.8 Å². The van der Waals surface area contributed by atoms with Gasteiger partial charge in [-0.2, -0.15) is 0 Å². The first kappa shape index (κ1) is 22.4. The smallest absolute Gasteiger partial charge is 0.0519 e. The summed E-state index contributed by atoms with van der Waals surface area (Å²) in [5.74, 6) is 0. The Morgan fingerprint density at radius 1 is 0.690 bits per heavy atom. The summed E-state index contributed by atoms with van der Waals surface area (Å²) < 4.78 is 1.22. The van der Waals surface area contributed by atoms with Crippen molar-refractivity contribution in [2.45, 2.75) is 20.0 Å². The number of nitrogens with zero attached hydrogens (tertiary/aromatic N) is 2. The number of hydrogen-bond acceptors (Lipinski definition) is 2. The Morgan fingerprint density at radius 3 is 1.48 bits per heavy atom. The van der Waals surface area contributed by atoms with E-state index in [9.17, 15) is 0 Å². The SMILES string of the molecule is CCI.c1ccc(CN2CN(Cc3ccccc3)CP(c3ccccc3)C2)cc1. The van der Waals surface area contributed by atoms with Crippen LogP contribution in [0.1, 0.15) is 18.1 Å². The predicted molar refractivity (Wildman–Crippen MR) is 136 cm³/mol. The van der Waals surface area contributed by atoms with Crippen molar-refractivity contribution < 1.29 is 0 Å². The zero-order valence-corrected chi connectivity index (χ0v) is 20.2. The van der Waals surface area contributed by atoms with Gasteiger partial charge in [0.05, 0.1) is 6.67 Å². The van der Waals surface area contributed by atoms with E-state index in [-0.39, 0.29) is 7.92 Å². The fraction of sp³-hybridized carbons (Fsp3) is 0.280. The number of rotatable bonds is 5. The van der Waals surface area contributed by atoms with Gasteiger partial charge in [0.1, 0.15) is 0 Å². The molecule has 29 heavy (non-hydrogen) atoms. The first-order chi connectivity index (χ1) is 14.3. The zero-order valence-electron chi connectivity index (χ0n) is 17.1. The van der Waals surface area contributed by atoms with Gasteiger partial charge in [0.25, 0.3) is 0 Å². The Morgan fingerprint density at radius 2 is 1.07 bits per heavy atom. The minimum Gasteiger partial charge on any atom is -0.282 e. The van der Waals surface area contributed by atoms with Crippen molar-refractivity contribution in [3.8, 4) is 0 Å². The molecule has 0 saturated carbocycles. The molecule has 0 radical (unpaired) electrons. The lowest BCUT2D eigenvalue weighted by Gasteiger charge is -2.40. The molecule has 1 heterocycles. The normalized spacial score (nSPS) is 15.5. The molecule has 0 N–H and O–H groups in total. The van der Waals surface area contributed by atoms with Crippen LogP contribution in [0, 0.1) is 0 Å². The van der Waals surface area contributed by atoms with Crippen molar-refractivity contribution in [2.75, 3.05) is 23.7 Å². The van der Waals surface area contributed by atoms with Gasteiger partial charge in [-0.1, -0.05) is 121 Å². The van der Waals surface area contributed by atoms with E-state index in [2.05, 4.69) is 130 Å². The largest absolute Gasteiger partial charge is 0.282 e. The summed E-state index contributed by atoms with van der Waals surface area (Å²) in [6.45, 7) is 5.20. The van der Waals surface area contributed by atoms with E-state index >= 15 is 0 Å². The minimum atomic E-state index is -0.186. The molecule has 0 spiro atoms. The summed E-state index contributed by atoms with van der Waals surface area (Å²) in [5, 5.41) is 1.51.